The molecule has 0 saturated carbocycles. The third-order valence-corrected chi connectivity index (χ3v) is 4.84. The van der Waals surface area contributed by atoms with Gasteiger partial charge < -0.3 is 19.3 Å². The van der Waals surface area contributed by atoms with Crippen molar-refractivity contribution in [2.75, 3.05) is 19.8 Å². The number of hydrogen-bond acceptors (Lipinski definition) is 6. The molecule has 0 heterocycles. The first kappa shape index (κ1) is 24.7. The Morgan fingerprint density at radius 3 is 2.41 bits per heavy atom. The van der Waals surface area contributed by atoms with Crippen LogP contribution in [0.25, 0.3) is 11.1 Å². The number of aliphatic hydroxyl groups excluding tert-OH is 1. The standard InChI is InChI=1S/C27H25FO6/c1-18(2)26(30)33-14-12-21-16-22(9-11-25(21)32-15-13-29)34-27(31)23-10-8-20(17-24(23)28)19-6-4-3-5-7-19/h3-11,16-17,29H,1,12-15H2,2H3. The summed E-state index contributed by atoms with van der Waals surface area (Å²) in [7, 11) is 0. The molecule has 3 aromatic carbocycles. The molecular formula is C27H25FO6. The third kappa shape index (κ3) is 6.52. The molecule has 0 amide bonds. The smallest absolute Gasteiger partial charge is 0.346 e. The van der Waals surface area contributed by atoms with E-state index < -0.39 is 17.8 Å². The second kappa shape index (κ2) is 11.8. The third-order valence-electron chi connectivity index (χ3n) is 4.84. The highest BCUT2D eigenvalue weighted by Gasteiger charge is 2.17. The number of rotatable bonds is 10. The van der Waals surface area contributed by atoms with E-state index in [-0.39, 0.29) is 43.1 Å². The van der Waals surface area contributed by atoms with Crippen molar-refractivity contribution in [1.29, 1.82) is 0 Å². The predicted molar refractivity (Wildman–Crippen MR) is 125 cm³/mol. The molecule has 0 atom stereocenters. The van der Waals surface area contributed by atoms with Crippen molar-refractivity contribution in [2.45, 2.75) is 13.3 Å². The van der Waals surface area contributed by atoms with Crippen LogP contribution in [-0.4, -0.2) is 36.9 Å². The molecule has 0 aliphatic rings. The van der Waals surface area contributed by atoms with Gasteiger partial charge in [-0.2, -0.15) is 0 Å². The predicted octanol–water partition coefficient (Wildman–Crippen LogP) is 4.74. The van der Waals surface area contributed by atoms with Crippen LogP contribution in [0.15, 0.2) is 78.9 Å². The molecule has 0 radical (unpaired) electrons. The molecular weight excluding hydrogens is 439 g/mol. The molecule has 3 aromatic rings. The van der Waals surface area contributed by atoms with E-state index in [0.717, 1.165) is 5.56 Å². The van der Waals surface area contributed by atoms with Crippen LogP contribution in [0.2, 0.25) is 0 Å². The van der Waals surface area contributed by atoms with Crippen molar-refractivity contribution in [1.82, 2.24) is 0 Å². The summed E-state index contributed by atoms with van der Waals surface area (Å²) in [5.41, 5.74) is 2.15. The van der Waals surface area contributed by atoms with Gasteiger partial charge in [-0.05, 0) is 48.4 Å². The van der Waals surface area contributed by atoms with Crippen molar-refractivity contribution in [3.05, 3.63) is 95.8 Å². The SMILES string of the molecule is C=C(C)C(=O)OCCc1cc(OC(=O)c2ccc(-c3ccccc3)cc2F)ccc1OCCO. The summed E-state index contributed by atoms with van der Waals surface area (Å²) in [4.78, 5) is 24.2. The highest BCUT2D eigenvalue weighted by Crippen LogP contribution is 2.27. The number of ether oxygens (including phenoxy) is 3. The Morgan fingerprint density at radius 1 is 0.971 bits per heavy atom. The van der Waals surface area contributed by atoms with Crippen LogP contribution in [0, 0.1) is 5.82 Å². The van der Waals surface area contributed by atoms with Gasteiger partial charge in [0.1, 0.15) is 23.9 Å². The molecule has 0 unspecified atom stereocenters. The van der Waals surface area contributed by atoms with E-state index in [4.69, 9.17) is 19.3 Å². The largest absolute Gasteiger partial charge is 0.491 e. The Labute approximate surface area is 197 Å². The van der Waals surface area contributed by atoms with Gasteiger partial charge in [-0.25, -0.2) is 14.0 Å². The van der Waals surface area contributed by atoms with E-state index in [1.165, 1.54) is 18.2 Å². The number of carbonyl (C=O) groups excluding carboxylic acids is 2. The Morgan fingerprint density at radius 2 is 1.74 bits per heavy atom. The molecule has 1 N–H and O–H groups in total. The molecule has 0 saturated heterocycles. The van der Waals surface area contributed by atoms with Crippen molar-refractivity contribution in [3.63, 3.8) is 0 Å². The van der Waals surface area contributed by atoms with E-state index in [9.17, 15) is 14.0 Å². The lowest BCUT2D eigenvalue weighted by Gasteiger charge is -2.13. The van der Waals surface area contributed by atoms with E-state index in [2.05, 4.69) is 6.58 Å². The summed E-state index contributed by atoms with van der Waals surface area (Å²) in [5.74, 6) is -1.44. The van der Waals surface area contributed by atoms with Crippen LogP contribution in [0.4, 0.5) is 4.39 Å². The van der Waals surface area contributed by atoms with Gasteiger partial charge in [-0.3, -0.25) is 0 Å². The Bertz CT molecular complexity index is 1170. The number of esters is 2. The molecule has 0 aliphatic heterocycles. The summed E-state index contributed by atoms with van der Waals surface area (Å²) >= 11 is 0. The Balaban J connectivity index is 1.75. The number of aliphatic hydroxyl groups is 1. The highest BCUT2D eigenvalue weighted by molar-refractivity contribution is 5.92. The molecule has 3 rings (SSSR count). The Kier molecular flexibility index (Phi) is 8.54. The first-order valence-corrected chi connectivity index (χ1v) is 10.7. The summed E-state index contributed by atoms with van der Waals surface area (Å²) in [6.07, 6.45) is 0.269. The zero-order valence-electron chi connectivity index (χ0n) is 18.8. The fourth-order valence-corrected chi connectivity index (χ4v) is 3.14. The summed E-state index contributed by atoms with van der Waals surface area (Å²) in [6, 6.07) is 18.2. The fourth-order valence-electron chi connectivity index (χ4n) is 3.14. The average molecular weight is 464 g/mol. The summed E-state index contributed by atoms with van der Waals surface area (Å²) in [5, 5.41) is 9.04. The van der Waals surface area contributed by atoms with E-state index in [0.29, 0.717) is 16.9 Å². The lowest BCUT2D eigenvalue weighted by Crippen LogP contribution is -2.12. The summed E-state index contributed by atoms with van der Waals surface area (Å²) < 4.78 is 30.7. The summed E-state index contributed by atoms with van der Waals surface area (Å²) in [6.45, 7) is 5.01. The molecule has 176 valence electrons. The highest BCUT2D eigenvalue weighted by atomic mass is 19.1. The van der Waals surface area contributed by atoms with Gasteiger partial charge in [0.2, 0.25) is 0 Å². The van der Waals surface area contributed by atoms with Crippen LogP contribution in [0.1, 0.15) is 22.8 Å². The minimum absolute atomic E-state index is 0.0498. The van der Waals surface area contributed by atoms with Crippen molar-refractivity contribution >= 4 is 11.9 Å². The fraction of sp³-hybridized carbons (Fsp3) is 0.185. The maximum atomic E-state index is 14.7. The van der Waals surface area contributed by atoms with Crippen LogP contribution < -0.4 is 9.47 Å². The molecule has 7 heteroatoms. The van der Waals surface area contributed by atoms with Gasteiger partial charge >= 0.3 is 11.9 Å². The zero-order valence-corrected chi connectivity index (χ0v) is 18.8. The lowest BCUT2D eigenvalue weighted by atomic mass is 10.0. The maximum Gasteiger partial charge on any atom is 0.346 e. The Hall–Kier alpha value is -3.97. The van der Waals surface area contributed by atoms with Crippen molar-refractivity contribution in [2.24, 2.45) is 0 Å². The van der Waals surface area contributed by atoms with Gasteiger partial charge in [0.05, 0.1) is 18.8 Å². The first-order chi connectivity index (χ1) is 16.4. The van der Waals surface area contributed by atoms with E-state index >= 15 is 0 Å². The lowest BCUT2D eigenvalue weighted by molar-refractivity contribution is -0.138. The normalized spacial score (nSPS) is 10.4. The molecule has 0 aromatic heterocycles. The quantitative estimate of drug-likeness (QED) is 0.265. The topological polar surface area (TPSA) is 82.1 Å². The minimum Gasteiger partial charge on any atom is -0.491 e. The van der Waals surface area contributed by atoms with Gasteiger partial charge in [-0.1, -0.05) is 43.0 Å². The number of halogens is 1. The van der Waals surface area contributed by atoms with Crippen molar-refractivity contribution < 1.29 is 33.3 Å². The van der Waals surface area contributed by atoms with Crippen LogP contribution >= 0.6 is 0 Å². The number of hydrogen-bond donors (Lipinski definition) is 1. The van der Waals surface area contributed by atoms with Crippen LogP contribution in [0.3, 0.4) is 0 Å². The number of carbonyl (C=O) groups is 2. The zero-order chi connectivity index (χ0) is 24.5. The second-order valence-corrected chi connectivity index (χ2v) is 7.46. The second-order valence-electron chi connectivity index (χ2n) is 7.46. The molecule has 0 bridgehead atoms. The van der Waals surface area contributed by atoms with E-state index in [1.54, 1.807) is 25.1 Å². The first-order valence-electron chi connectivity index (χ1n) is 10.7. The molecule has 34 heavy (non-hydrogen) atoms. The average Bonchev–Trinajstić information content (AvgIpc) is 2.83. The van der Waals surface area contributed by atoms with Gasteiger partial charge in [0.15, 0.2) is 0 Å². The van der Waals surface area contributed by atoms with Gasteiger partial charge in [-0.15, -0.1) is 0 Å². The molecule has 0 aliphatic carbocycles. The van der Waals surface area contributed by atoms with E-state index in [1.807, 2.05) is 30.3 Å². The van der Waals surface area contributed by atoms with Gasteiger partial charge in [0.25, 0.3) is 0 Å². The van der Waals surface area contributed by atoms with Crippen LogP contribution in [-0.2, 0) is 16.0 Å². The van der Waals surface area contributed by atoms with Crippen LogP contribution in [0.5, 0.6) is 11.5 Å². The maximum absolute atomic E-state index is 14.7. The number of benzene rings is 3. The van der Waals surface area contributed by atoms with Gasteiger partial charge in [0, 0.05) is 17.6 Å². The monoisotopic (exact) mass is 464 g/mol. The molecule has 0 spiro atoms. The molecule has 6 nitrogen and oxygen atoms in total. The minimum atomic E-state index is -0.846. The van der Waals surface area contributed by atoms with Crippen molar-refractivity contribution in [3.8, 4) is 22.6 Å². The molecule has 0 fully saturated rings.